The van der Waals surface area contributed by atoms with Crippen LogP contribution < -0.4 is 11.1 Å². The van der Waals surface area contributed by atoms with Gasteiger partial charge in [0.2, 0.25) is 0 Å². The standard InChI is InChI=1S/C10H11N3/c1-12-10-9(11)8-5-3-2-4-7(8)6-13-10/h2-6H,11H2,1H3,(H,12,13). The Morgan fingerprint density at radius 2 is 2.08 bits per heavy atom. The van der Waals surface area contributed by atoms with E-state index in [0.29, 0.717) is 5.69 Å². The number of hydrogen-bond donors (Lipinski definition) is 2. The van der Waals surface area contributed by atoms with Crippen molar-refractivity contribution < 1.29 is 0 Å². The maximum Gasteiger partial charge on any atom is 0.149 e. The Labute approximate surface area is 76.6 Å². The molecule has 0 bridgehead atoms. The third-order valence-corrected chi connectivity index (χ3v) is 2.08. The first-order valence-corrected chi connectivity index (χ1v) is 4.14. The zero-order chi connectivity index (χ0) is 9.26. The van der Waals surface area contributed by atoms with Crippen molar-refractivity contribution in [2.24, 2.45) is 0 Å². The summed E-state index contributed by atoms with van der Waals surface area (Å²) in [4.78, 5) is 4.19. The van der Waals surface area contributed by atoms with E-state index >= 15 is 0 Å². The molecule has 0 saturated heterocycles. The fourth-order valence-corrected chi connectivity index (χ4v) is 1.39. The number of nitrogens with two attached hydrogens (primary N) is 1. The van der Waals surface area contributed by atoms with Gasteiger partial charge in [-0.15, -0.1) is 0 Å². The fourth-order valence-electron chi connectivity index (χ4n) is 1.39. The molecular weight excluding hydrogens is 162 g/mol. The summed E-state index contributed by atoms with van der Waals surface area (Å²) in [5, 5.41) is 5.06. The summed E-state index contributed by atoms with van der Waals surface area (Å²) < 4.78 is 0. The van der Waals surface area contributed by atoms with Crippen LogP contribution in [0, 0.1) is 0 Å². The van der Waals surface area contributed by atoms with Gasteiger partial charge in [-0.1, -0.05) is 24.3 Å². The van der Waals surface area contributed by atoms with Gasteiger partial charge in [0.05, 0.1) is 5.69 Å². The second-order valence-electron chi connectivity index (χ2n) is 2.86. The van der Waals surface area contributed by atoms with Crippen molar-refractivity contribution in [3.8, 4) is 0 Å². The Morgan fingerprint density at radius 1 is 1.31 bits per heavy atom. The number of anilines is 2. The molecule has 3 N–H and O–H groups in total. The van der Waals surface area contributed by atoms with Crippen LogP contribution in [0.2, 0.25) is 0 Å². The normalized spacial score (nSPS) is 10.2. The first-order chi connectivity index (χ1) is 6.33. The van der Waals surface area contributed by atoms with E-state index in [-0.39, 0.29) is 0 Å². The van der Waals surface area contributed by atoms with Gasteiger partial charge in [0.15, 0.2) is 0 Å². The third-order valence-electron chi connectivity index (χ3n) is 2.08. The Bertz CT molecular complexity index is 437. The average Bonchev–Trinajstić information content (AvgIpc) is 2.19. The molecule has 66 valence electrons. The first kappa shape index (κ1) is 7.86. The number of benzene rings is 1. The summed E-state index contributed by atoms with van der Waals surface area (Å²) in [6.07, 6.45) is 1.82. The van der Waals surface area contributed by atoms with Crippen LogP contribution in [0.5, 0.6) is 0 Å². The molecule has 1 aromatic heterocycles. The van der Waals surface area contributed by atoms with Crippen LogP contribution in [0.4, 0.5) is 11.5 Å². The van der Waals surface area contributed by atoms with Crippen LogP contribution in [0.1, 0.15) is 0 Å². The van der Waals surface area contributed by atoms with Crippen LogP contribution in [0.3, 0.4) is 0 Å². The molecule has 2 aromatic rings. The van der Waals surface area contributed by atoms with Crippen molar-refractivity contribution >= 4 is 22.3 Å². The largest absolute Gasteiger partial charge is 0.395 e. The van der Waals surface area contributed by atoms with Crippen molar-refractivity contribution in [1.29, 1.82) is 0 Å². The Kier molecular flexibility index (Phi) is 1.77. The summed E-state index contributed by atoms with van der Waals surface area (Å²) in [5.74, 6) is 0.735. The topological polar surface area (TPSA) is 50.9 Å². The van der Waals surface area contributed by atoms with E-state index in [1.807, 2.05) is 37.5 Å². The van der Waals surface area contributed by atoms with Crippen LogP contribution >= 0.6 is 0 Å². The zero-order valence-electron chi connectivity index (χ0n) is 7.41. The lowest BCUT2D eigenvalue weighted by molar-refractivity contribution is 1.31. The minimum absolute atomic E-state index is 0.709. The van der Waals surface area contributed by atoms with Gasteiger partial charge >= 0.3 is 0 Å². The number of nitrogens with zero attached hydrogens (tertiary/aromatic N) is 1. The highest BCUT2D eigenvalue weighted by Crippen LogP contribution is 2.25. The Morgan fingerprint density at radius 3 is 2.85 bits per heavy atom. The second kappa shape index (κ2) is 2.94. The van der Waals surface area contributed by atoms with E-state index in [9.17, 15) is 0 Å². The van der Waals surface area contributed by atoms with Gasteiger partial charge in [-0.2, -0.15) is 0 Å². The van der Waals surface area contributed by atoms with E-state index in [2.05, 4.69) is 10.3 Å². The molecule has 0 aliphatic heterocycles. The summed E-state index contributed by atoms with van der Waals surface area (Å²) in [5.41, 5.74) is 6.61. The van der Waals surface area contributed by atoms with Crippen LogP contribution in [0.25, 0.3) is 10.8 Å². The quantitative estimate of drug-likeness (QED) is 0.692. The lowest BCUT2D eigenvalue weighted by Gasteiger charge is -2.06. The lowest BCUT2D eigenvalue weighted by Crippen LogP contribution is -1.98. The molecule has 13 heavy (non-hydrogen) atoms. The Hall–Kier alpha value is -1.77. The highest BCUT2D eigenvalue weighted by Gasteiger charge is 2.02. The third kappa shape index (κ3) is 1.18. The summed E-state index contributed by atoms with van der Waals surface area (Å²) >= 11 is 0. The SMILES string of the molecule is CNc1ncc2ccccc2c1N. The summed E-state index contributed by atoms with van der Waals surface area (Å²) in [6, 6.07) is 7.94. The van der Waals surface area contributed by atoms with Gasteiger partial charge in [-0.05, 0) is 0 Å². The van der Waals surface area contributed by atoms with Gasteiger partial charge in [0.1, 0.15) is 5.82 Å². The number of rotatable bonds is 1. The van der Waals surface area contributed by atoms with Crippen LogP contribution in [-0.4, -0.2) is 12.0 Å². The fraction of sp³-hybridized carbons (Fsp3) is 0.100. The zero-order valence-corrected chi connectivity index (χ0v) is 7.41. The van der Waals surface area contributed by atoms with Crippen LogP contribution in [0.15, 0.2) is 30.5 Å². The van der Waals surface area contributed by atoms with E-state index in [1.165, 1.54) is 0 Å². The van der Waals surface area contributed by atoms with Crippen molar-refractivity contribution in [3.63, 3.8) is 0 Å². The maximum atomic E-state index is 5.90. The van der Waals surface area contributed by atoms with E-state index in [4.69, 9.17) is 5.73 Å². The molecule has 1 aromatic carbocycles. The minimum Gasteiger partial charge on any atom is -0.395 e. The summed E-state index contributed by atoms with van der Waals surface area (Å²) in [6.45, 7) is 0. The van der Waals surface area contributed by atoms with Gasteiger partial charge in [0, 0.05) is 24.0 Å². The summed E-state index contributed by atoms with van der Waals surface area (Å²) in [7, 11) is 1.81. The smallest absolute Gasteiger partial charge is 0.149 e. The molecule has 3 heteroatoms. The van der Waals surface area contributed by atoms with Gasteiger partial charge in [-0.25, -0.2) is 4.98 Å². The number of pyridine rings is 1. The Balaban J connectivity index is 2.79. The number of nitrogen functional groups attached to an aromatic ring is 1. The highest BCUT2D eigenvalue weighted by atomic mass is 15.0. The molecule has 0 radical (unpaired) electrons. The molecule has 0 spiro atoms. The molecule has 2 rings (SSSR count). The molecule has 0 aliphatic carbocycles. The van der Waals surface area contributed by atoms with Crippen molar-refractivity contribution in [2.75, 3.05) is 18.1 Å². The molecule has 3 nitrogen and oxygen atoms in total. The van der Waals surface area contributed by atoms with Gasteiger partial charge in [-0.3, -0.25) is 0 Å². The van der Waals surface area contributed by atoms with Gasteiger partial charge < -0.3 is 11.1 Å². The van der Waals surface area contributed by atoms with Crippen LogP contribution in [-0.2, 0) is 0 Å². The minimum atomic E-state index is 0.709. The molecule has 0 unspecified atom stereocenters. The number of hydrogen-bond acceptors (Lipinski definition) is 3. The predicted molar refractivity (Wildman–Crippen MR) is 55.7 cm³/mol. The van der Waals surface area contributed by atoms with Crippen molar-refractivity contribution in [3.05, 3.63) is 30.5 Å². The molecule has 0 atom stereocenters. The number of fused-ring (bicyclic) bond motifs is 1. The average molecular weight is 173 g/mol. The molecular formula is C10H11N3. The lowest BCUT2D eigenvalue weighted by atomic mass is 10.1. The molecule has 0 amide bonds. The van der Waals surface area contributed by atoms with Crippen molar-refractivity contribution in [1.82, 2.24) is 4.98 Å². The number of nitrogens with one attached hydrogen (secondary N) is 1. The molecule has 0 saturated carbocycles. The van der Waals surface area contributed by atoms with E-state index in [0.717, 1.165) is 16.6 Å². The molecule has 1 heterocycles. The predicted octanol–water partition coefficient (Wildman–Crippen LogP) is 1.86. The molecule has 0 aliphatic rings. The number of aromatic nitrogens is 1. The second-order valence-corrected chi connectivity index (χ2v) is 2.86. The van der Waals surface area contributed by atoms with Crippen molar-refractivity contribution in [2.45, 2.75) is 0 Å². The molecule has 0 fully saturated rings. The van der Waals surface area contributed by atoms with Gasteiger partial charge in [0.25, 0.3) is 0 Å². The van der Waals surface area contributed by atoms with E-state index < -0.39 is 0 Å². The maximum absolute atomic E-state index is 5.90. The monoisotopic (exact) mass is 173 g/mol. The highest BCUT2D eigenvalue weighted by molar-refractivity contribution is 5.96. The first-order valence-electron chi connectivity index (χ1n) is 4.14. The van der Waals surface area contributed by atoms with E-state index in [1.54, 1.807) is 0 Å².